The highest BCUT2D eigenvalue weighted by molar-refractivity contribution is 4.91. The normalized spacial score (nSPS) is 26.4. The molecule has 0 bridgehead atoms. The van der Waals surface area contributed by atoms with Gasteiger partial charge in [-0.2, -0.15) is 0 Å². The molecule has 0 amide bonds. The van der Waals surface area contributed by atoms with Gasteiger partial charge in [-0.3, -0.25) is 0 Å². The molecule has 5 heteroatoms. The van der Waals surface area contributed by atoms with Crippen molar-refractivity contribution in [3.05, 3.63) is 11.9 Å². The van der Waals surface area contributed by atoms with Crippen molar-refractivity contribution < 1.29 is 4.74 Å². The van der Waals surface area contributed by atoms with Crippen LogP contribution in [0, 0.1) is 11.8 Å². The van der Waals surface area contributed by atoms with Crippen LogP contribution >= 0.6 is 0 Å². The van der Waals surface area contributed by atoms with E-state index < -0.39 is 0 Å². The van der Waals surface area contributed by atoms with E-state index in [9.17, 15) is 0 Å². The Kier molecular flexibility index (Phi) is 6.18. The number of nitrogens with zero attached hydrogens (tertiary/aromatic N) is 3. The summed E-state index contributed by atoms with van der Waals surface area (Å²) in [4.78, 5) is 0. The van der Waals surface area contributed by atoms with E-state index in [4.69, 9.17) is 4.74 Å². The summed E-state index contributed by atoms with van der Waals surface area (Å²) in [5, 5.41) is 11.7. The molecule has 1 aliphatic rings. The first-order chi connectivity index (χ1) is 10.0. The lowest BCUT2D eigenvalue weighted by molar-refractivity contribution is -0.00184. The van der Waals surface area contributed by atoms with Crippen LogP contribution in [0.5, 0.6) is 0 Å². The average Bonchev–Trinajstić information content (AvgIpc) is 2.88. The van der Waals surface area contributed by atoms with Crippen molar-refractivity contribution in [3.63, 3.8) is 0 Å². The van der Waals surface area contributed by atoms with E-state index in [2.05, 4.69) is 43.3 Å². The largest absolute Gasteiger partial charge is 0.376 e. The fourth-order valence-corrected chi connectivity index (χ4v) is 2.80. The minimum absolute atomic E-state index is 0.432. The van der Waals surface area contributed by atoms with Crippen molar-refractivity contribution in [2.45, 2.75) is 72.2 Å². The van der Waals surface area contributed by atoms with E-state index in [1.807, 2.05) is 10.9 Å². The first-order valence-corrected chi connectivity index (χ1v) is 8.28. The summed E-state index contributed by atoms with van der Waals surface area (Å²) in [5.74, 6) is 1.63. The Morgan fingerprint density at radius 1 is 1.33 bits per heavy atom. The number of hydrogen-bond donors (Lipinski definition) is 1. The molecular formula is C16H30N4O. The quantitative estimate of drug-likeness (QED) is 0.840. The molecule has 0 aromatic carbocycles. The number of rotatable bonds is 7. The molecule has 1 N–H and O–H groups in total. The molecule has 2 rings (SSSR count). The average molecular weight is 294 g/mol. The summed E-state index contributed by atoms with van der Waals surface area (Å²) in [6, 6.07) is 0.467. The van der Waals surface area contributed by atoms with Crippen molar-refractivity contribution in [1.29, 1.82) is 0 Å². The zero-order valence-corrected chi connectivity index (χ0v) is 13.9. The van der Waals surface area contributed by atoms with Crippen LogP contribution in [-0.2, 0) is 17.8 Å². The number of aromatic nitrogens is 3. The van der Waals surface area contributed by atoms with Gasteiger partial charge in [-0.1, -0.05) is 32.9 Å². The summed E-state index contributed by atoms with van der Waals surface area (Å²) in [5.41, 5.74) is 0.990. The Bertz CT molecular complexity index is 418. The van der Waals surface area contributed by atoms with Gasteiger partial charge in [-0.05, 0) is 31.1 Å². The van der Waals surface area contributed by atoms with E-state index >= 15 is 0 Å². The molecule has 1 aliphatic carbocycles. The van der Waals surface area contributed by atoms with Gasteiger partial charge in [-0.15, -0.1) is 5.10 Å². The molecule has 0 saturated heterocycles. The van der Waals surface area contributed by atoms with Crippen LogP contribution in [0.3, 0.4) is 0 Å². The molecule has 0 aliphatic heterocycles. The van der Waals surface area contributed by atoms with Crippen LogP contribution in [-0.4, -0.2) is 33.7 Å². The van der Waals surface area contributed by atoms with E-state index in [-0.39, 0.29) is 0 Å². The fraction of sp³-hybridized carbons (Fsp3) is 0.875. The predicted molar refractivity (Wildman–Crippen MR) is 83.9 cm³/mol. The van der Waals surface area contributed by atoms with Gasteiger partial charge < -0.3 is 10.1 Å². The fourth-order valence-electron chi connectivity index (χ4n) is 2.80. The molecule has 1 aromatic heterocycles. The highest BCUT2D eigenvalue weighted by Crippen LogP contribution is 2.30. The minimum Gasteiger partial charge on any atom is -0.376 e. The monoisotopic (exact) mass is 294 g/mol. The number of ether oxygens (including phenoxy) is 1. The molecule has 1 saturated carbocycles. The molecule has 5 nitrogen and oxygen atoms in total. The van der Waals surface area contributed by atoms with Crippen LogP contribution in [0.2, 0.25) is 0 Å². The van der Waals surface area contributed by atoms with Gasteiger partial charge in [0.2, 0.25) is 0 Å². The molecule has 3 unspecified atom stereocenters. The van der Waals surface area contributed by atoms with Crippen molar-refractivity contribution >= 4 is 0 Å². The topological polar surface area (TPSA) is 52.0 Å². The molecule has 3 atom stereocenters. The maximum Gasteiger partial charge on any atom is 0.0964 e. The van der Waals surface area contributed by atoms with Gasteiger partial charge in [0.25, 0.3) is 0 Å². The predicted octanol–water partition coefficient (Wildman–Crippen LogP) is 2.62. The van der Waals surface area contributed by atoms with Crippen molar-refractivity contribution in [3.8, 4) is 0 Å². The van der Waals surface area contributed by atoms with Gasteiger partial charge in [0.15, 0.2) is 0 Å². The lowest BCUT2D eigenvalue weighted by Crippen LogP contribution is -2.27. The molecule has 0 radical (unpaired) electrons. The molecular weight excluding hydrogens is 264 g/mol. The Morgan fingerprint density at radius 3 is 2.86 bits per heavy atom. The van der Waals surface area contributed by atoms with Gasteiger partial charge in [-0.25, -0.2) is 4.68 Å². The Labute approximate surface area is 128 Å². The summed E-state index contributed by atoms with van der Waals surface area (Å²) in [7, 11) is 0. The maximum atomic E-state index is 6.01. The van der Waals surface area contributed by atoms with Crippen LogP contribution in [0.15, 0.2) is 6.20 Å². The van der Waals surface area contributed by atoms with Gasteiger partial charge in [0, 0.05) is 18.8 Å². The highest BCUT2D eigenvalue weighted by Gasteiger charge is 2.24. The molecule has 0 spiro atoms. The summed E-state index contributed by atoms with van der Waals surface area (Å²) >= 11 is 0. The standard InChI is InChI=1S/C16H30N4O/c1-12(2)17-10-15-11-20(19-18-15)7-8-21-16-6-5-13(3)14(4)9-16/h11-14,16-17H,5-10H2,1-4H3. The molecule has 120 valence electrons. The van der Waals surface area contributed by atoms with E-state index in [0.717, 1.165) is 37.2 Å². The van der Waals surface area contributed by atoms with Crippen molar-refractivity contribution in [2.75, 3.05) is 6.61 Å². The second kappa shape index (κ2) is 7.90. The van der Waals surface area contributed by atoms with E-state index in [1.54, 1.807) is 0 Å². The lowest BCUT2D eigenvalue weighted by Gasteiger charge is -2.31. The third-order valence-corrected chi connectivity index (χ3v) is 4.50. The van der Waals surface area contributed by atoms with Gasteiger partial charge in [0.1, 0.15) is 0 Å². The first kappa shape index (κ1) is 16.4. The molecule has 21 heavy (non-hydrogen) atoms. The first-order valence-electron chi connectivity index (χ1n) is 8.28. The third kappa shape index (κ3) is 5.40. The second-order valence-electron chi connectivity index (χ2n) is 6.77. The molecule has 1 fully saturated rings. The van der Waals surface area contributed by atoms with Gasteiger partial charge >= 0.3 is 0 Å². The molecule has 1 aromatic rings. The SMILES string of the molecule is CC(C)NCc1cn(CCOC2CCC(C)C(C)C2)nn1. The minimum atomic E-state index is 0.432. The number of hydrogen-bond acceptors (Lipinski definition) is 4. The van der Waals surface area contributed by atoms with Crippen LogP contribution in [0.25, 0.3) is 0 Å². The summed E-state index contributed by atoms with van der Waals surface area (Å²) in [6.45, 7) is 11.2. The summed E-state index contributed by atoms with van der Waals surface area (Å²) < 4.78 is 7.89. The summed E-state index contributed by atoms with van der Waals surface area (Å²) in [6.07, 6.45) is 6.13. The Balaban J connectivity index is 1.67. The second-order valence-corrected chi connectivity index (χ2v) is 6.77. The Hall–Kier alpha value is -0.940. The number of nitrogens with one attached hydrogen (secondary N) is 1. The Morgan fingerprint density at radius 2 is 2.14 bits per heavy atom. The smallest absolute Gasteiger partial charge is 0.0964 e. The van der Waals surface area contributed by atoms with Crippen molar-refractivity contribution in [1.82, 2.24) is 20.3 Å². The molecule has 1 heterocycles. The van der Waals surface area contributed by atoms with Gasteiger partial charge in [0.05, 0.1) is 24.9 Å². The van der Waals surface area contributed by atoms with E-state index in [0.29, 0.717) is 12.1 Å². The highest BCUT2D eigenvalue weighted by atomic mass is 16.5. The van der Waals surface area contributed by atoms with Crippen LogP contribution in [0.4, 0.5) is 0 Å². The van der Waals surface area contributed by atoms with E-state index in [1.165, 1.54) is 19.3 Å². The van der Waals surface area contributed by atoms with Crippen molar-refractivity contribution in [2.24, 2.45) is 11.8 Å². The maximum absolute atomic E-state index is 6.01. The lowest BCUT2D eigenvalue weighted by atomic mass is 9.80. The zero-order chi connectivity index (χ0) is 15.2. The van der Waals surface area contributed by atoms with Crippen LogP contribution < -0.4 is 5.32 Å². The zero-order valence-electron chi connectivity index (χ0n) is 13.9. The van der Waals surface area contributed by atoms with Crippen LogP contribution in [0.1, 0.15) is 52.7 Å². The third-order valence-electron chi connectivity index (χ3n) is 4.50.